The number of aromatic nitrogens is 3. The molecule has 182 valence electrons. The molecule has 34 heavy (non-hydrogen) atoms. The fraction of sp³-hybridized carbons (Fsp3) is 0.520. The second-order valence-electron chi connectivity index (χ2n) is 10.4. The Balaban J connectivity index is 1.38. The minimum absolute atomic E-state index is 0.152. The second-order valence-corrected chi connectivity index (χ2v) is 13.1. The van der Waals surface area contributed by atoms with Gasteiger partial charge in [-0.25, -0.2) is 9.97 Å². The Hall–Kier alpha value is -1.51. The Bertz CT molecular complexity index is 1190. The largest absolute Gasteiger partial charge is 0.627 e. The fourth-order valence-corrected chi connectivity index (χ4v) is 6.61. The number of imidazole rings is 1. The van der Waals surface area contributed by atoms with E-state index in [1.807, 2.05) is 49.7 Å². The molecule has 1 aliphatic heterocycles. The van der Waals surface area contributed by atoms with Crippen LogP contribution in [0.15, 0.2) is 36.8 Å². The molecular weight excluding hydrogens is 489 g/mol. The first-order valence-corrected chi connectivity index (χ1v) is 13.7. The highest BCUT2D eigenvalue weighted by atomic mass is 35.5. The first-order chi connectivity index (χ1) is 16.2. The minimum atomic E-state index is -1.17. The van der Waals surface area contributed by atoms with E-state index in [0.29, 0.717) is 10.0 Å². The Labute approximate surface area is 214 Å². The molecule has 2 aromatic heterocycles. The first-order valence-electron chi connectivity index (χ1n) is 11.8. The van der Waals surface area contributed by atoms with Crippen LogP contribution >= 0.6 is 23.2 Å². The van der Waals surface area contributed by atoms with Crippen molar-refractivity contribution in [1.82, 2.24) is 14.4 Å². The second kappa shape index (κ2) is 9.17. The predicted octanol–water partition coefficient (Wildman–Crippen LogP) is 6.68. The van der Waals surface area contributed by atoms with Gasteiger partial charge in [0.1, 0.15) is 10.4 Å². The van der Waals surface area contributed by atoms with Gasteiger partial charge in [0, 0.05) is 42.8 Å². The zero-order chi connectivity index (χ0) is 24.1. The lowest BCUT2D eigenvalue weighted by Gasteiger charge is -2.50. The quantitative estimate of drug-likeness (QED) is 0.361. The molecule has 2 aliphatic rings. The van der Waals surface area contributed by atoms with Gasteiger partial charge in [-0.2, -0.15) is 0 Å². The molecule has 3 heterocycles. The number of benzene rings is 1. The van der Waals surface area contributed by atoms with Crippen LogP contribution in [0.2, 0.25) is 10.0 Å². The Morgan fingerprint density at radius 3 is 2.62 bits per heavy atom. The minimum Gasteiger partial charge on any atom is -0.627 e. The van der Waals surface area contributed by atoms with Crippen molar-refractivity contribution < 1.29 is 4.55 Å². The van der Waals surface area contributed by atoms with E-state index in [1.54, 1.807) is 12.3 Å². The highest BCUT2D eigenvalue weighted by Crippen LogP contribution is 2.51. The standard InChI is InChI=1S/C25H30Cl2N5OS/c1-24(2,3)34(33)30-20-8-5-9-25(20)10-13-31(14-11-25)23-29-16-18(22-28-12-15-32(22)23)17-6-4-7-19(26)21(17)27/h4,6-7,12,15-16,20H,5,8-11,13-14H2,1-3H3/q-1/t20-,34?/m1/s1. The van der Waals surface area contributed by atoms with E-state index < -0.39 is 11.4 Å². The summed E-state index contributed by atoms with van der Waals surface area (Å²) in [5.41, 5.74) is 2.64. The Morgan fingerprint density at radius 2 is 1.88 bits per heavy atom. The molecule has 0 N–H and O–H groups in total. The van der Waals surface area contributed by atoms with Gasteiger partial charge in [0.15, 0.2) is 0 Å². The maximum Gasteiger partial charge on any atom is 0.211 e. The first kappa shape index (κ1) is 24.2. The number of anilines is 1. The summed E-state index contributed by atoms with van der Waals surface area (Å²) in [6.45, 7) is 7.79. The number of rotatable bonds is 4. The van der Waals surface area contributed by atoms with Crippen LogP contribution in [0.1, 0.15) is 52.9 Å². The summed E-state index contributed by atoms with van der Waals surface area (Å²) in [6, 6.07) is 5.79. The van der Waals surface area contributed by atoms with Gasteiger partial charge >= 0.3 is 0 Å². The van der Waals surface area contributed by atoms with Crippen molar-refractivity contribution in [3.8, 4) is 11.1 Å². The predicted molar refractivity (Wildman–Crippen MR) is 141 cm³/mol. The van der Waals surface area contributed by atoms with E-state index >= 15 is 0 Å². The zero-order valence-corrected chi connectivity index (χ0v) is 22.1. The summed E-state index contributed by atoms with van der Waals surface area (Å²) in [5.74, 6) is 0.883. The fourth-order valence-electron chi connectivity index (χ4n) is 5.34. The highest BCUT2D eigenvalue weighted by Gasteiger charge is 2.42. The van der Waals surface area contributed by atoms with E-state index in [-0.39, 0.29) is 16.2 Å². The molecule has 1 unspecified atom stereocenters. The summed E-state index contributed by atoms with van der Waals surface area (Å²) >= 11 is 11.6. The summed E-state index contributed by atoms with van der Waals surface area (Å²) in [4.78, 5) is 11.8. The van der Waals surface area contributed by atoms with Gasteiger partial charge in [-0.05, 0) is 51.5 Å². The maximum atomic E-state index is 12.7. The lowest BCUT2D eigenvalue weighted by molar-refractivity contribution is 0.213. The molecule has 5 rings (SSSR count). The van der Waals surface area contributed by atoms with Gasteiger partial charge < -0.3 is 14.2 Å². The number of nitrogens with zero attached hydrogens (tertiary/aromatic N) is 5. The molecule has 0 amide bonds. The molecule has 9 heteroatoms. The number of fused-ring (bicyclic) bond motifs is 1. The smallest absolute Gasteiger partial charge is 0.211 e. The summed E-state index contributed by atoms with van der Waals surface area (Å²) < 4.78 is 19.3. The van der Waals surface area contributed by atoms with E-state index in [9.17, 15) is 4.55 Å². The molecule has 6 nitrogen and oxygen atoms in total. The summed E-state index contributed by atoms with van der Waals surface area (Å²) in [7, 11) is 0. The van der Waals surface area contributed by atoms with Crippen molar-refractivity contribution in [3.63, 3.8) is 0 Å². The van der Waals surface area contributed by atoms with Gasteiger partial charge in [0.25, 0.3) is 0 Å². The van der Waals surface area contributed by atoms with Crippen molar-refractivity contribution in [2.45, 2.75) is 63.7 Å². The average Bonchev–Trinajstić information content (AvgIpc) is 3.43. The number of piperidine rings is 1. The Kier molecular flexibility index (Phi) is 6.53. The van der Waals surface area contributed by atoms with Crippen LogP contribution < -0.4 is 4.90 Å². The molecule has 1 saturated heterocycles. The van der Waals surface area contributed by atoms with E-state index in [4.69, 9.17) is 32.9 Å². The van der Waals surface area contributed by atoms with E-state index in [0.717, 1.165) is 67.9 Å². The SMILES string of the molecule is CC(C)(C)[S+]([O-])[N-][C@@H]1CCCC12CCN(c1ncc(-c3cccc(Cl)c3Cl)c3nccn13)CC2. The van der Waals surface area contributed by atoms with Crippen LogP contribution in [0.5, 0.6) is 0 Å². The number of hydrogen-bond acceptors (Lipinski definition) is 4. The van der Waals surface area contributed by atoms with E-state index in [1.165, 1.54) is 0 Å². The van der Waals surface area contributed by atoms with Crippen LogP contribution in [0.4, 0.5) is 5.95 Å². The van der Waals surface area contributed by atoms with Gasteiger partial charge in [-0.1, -0.05) is 54.2 Å². The van der Waals surface area contributed by atoms with Crippen LogP contribution in [-0.4, -0.2) is 42.8 Å². The molecule has 1 spiro atoms. The lowest BCUT2D eigenvalue weighted by atomic mass is 9.74. The summed E-state index contributed by atoms with van der Waals surface area (Å²) in [6.07, 6.45) is 11.0. The van der Waals surface area contributed by atoms with Gasteiger partial charge in [0.05, 0.1) is 10.0 Å². The molecule has 2 atom stereocenters. The number of halogens is 2. The van der Waals surface area contributed by atoms with Crippen molar-refractivity contribution in [2.24, 2.45) is 5.41 Å². The topological polar surface area (TPSA) is 70.6 Å². The van der Waals surface area contributed by atoms with Gasteiger partial charge in [-0.3, -0.25) is 4.40 Å². The monoisotopic (exact) mass is 518 g/mol. The zero-order valence-electron chi connectivity index (χ0n) is 19.8. The van der Waals surface area contributed by atoms with Crippen molar-refractivity contribution in [2.75, 3.05) is 18.0 Å². The van der Waals surface area contributed by atoms with Crippen molar-refractivity contribution >= 4 is 46.2 Å². The van der Waals surface area contributed by atoms with Gasteiger partial charge in [0.2, 0.25) is 5.95 Å². The molecule has 1 aliphatic carbocycles. The van der Waals surface area contributed by atoms with Crippen LogP contribution in [0.3, 0.4) is 0 Å². The van der Waals surface area contributed by atoms with E-state index in [2.05, 4.69) is 9.88 Å². The normalized spacial score (nSPS) is 21.5. The third-order valence-corrected chi connectivity index (χ3v) is 9.61. The molecule has 1 aromatic carbocycles. The van der Waals surface area contributed by atoms with Crippen LogP contribution in [0, 0.1) is 5.41 Å². The molecule has 2 fully saturated rings. The summed E-state index contributed by atoms with van der Waals surface area (Å²) in [5, 5.41) is 1.02. The third kappa shape index (κ3) is 4.30. The molecule has 0 radical (unpaired) electrons. The van der Waals surface area contributed by atoms with Crippen LogP contribution in [0.25, 0.3) is 21.5 Å². The lowest BCUT2D eigenvalue weighted by Crippen LogP contribution is -2.45. The highest BCUT2D eigenvalue weighted by molar-refractivity contribution is 7.95. The maximum absolute atomic E-state index is 12.7. The third-order valence-electron chi connectivity index (χ3n) is 7.30. The van der Waals surface area contributed by atoms with Crippen molar-refractivity contribution in [1.29, 1.82) is 0 Å². The van der Waals surface area contributed by atoms with Crippen molar-refractivity contribution in [3.05, 3.63) is 51.6 Å². The van der Waals surface area contributed by atoms with Gasteiger partial charge in [-0.15, -0.1) is 11.4 Å². The molecular formula is C25H30Cl2N5OS-. The molecule has 3 aromatic rings. The average molecular weight is 520 g/mol. The molecule has 1 saturated carbocycles. The Morgan fingerprint density at radius 1 is 1.12 bits per heavy atom. The van der Waals surface area contributed by atoms with Crippen LogP contribution in [-0.2, 0) is 11.4 Å². The number of hydrogen-bond donors (Lipinski definition) is 0. The molecule has 0 bridgehead atoms.